The van der Waals surface area contributed by atoms with Crippen molar-refractivity contribution in [2.75, 3.05) is 11.4 Å². The van der Waals surface area contributed by atoms with Crippen LogP contribution < -0.4 is 10.5 Å². The van der Waals surface area contributed by atoms with Gasteiger partial charge in [0.05, 0.1) is 34.5 Å². The Bertz CT molecular complexity index is 1340. The highest BCUT2D eigenvalue weighted by molar-refractivity contribution is 6.03. The Labute approximate surface area is 165 Å². The number of halogens is 1. The first-order valence-corrected chi connectivity index (χ1v) is 9.41. The first-order valence-electron chi connectivity index (χ1n) is 9.41. The van der Waals surface area contributed by atoms with Crippen LogP contribution in [0.1, 0.15) is 12.0 Å². The molecule has 1 aliphatic rings. The highest BCUT2D eigenvalue weighted by atomic mass is 19.1. The number of aromatic nitrogens is 4. The van der Waals surface area contributed by atoms with Crippen molar-refractivity contribution in [1.82, 2.24) is 19.3 Å². The molecule has 0 unspecified atom stereocenters. The fourth-order valence-electron chi connectivity index (χ4n) is 4.14. The monoisotopic (exact) mass is 391 g/mol. The van der Waals surface area contributed by atoms with Gasteiger partial charge in [0.1, 0.15) is 5.82 Å². The van der Waals surface area contributed by atoms with Crippen LogP contribution in [-0.2, 0) is 24.8 Å². The number of benzene rings is 1. The van der Waals surface area contributed by atoms with Crippen molar-refractivity contribution in [1.29, 1.82) is 0 Å². The summed E-state index contributed by atoms with van der Waals surface area (Å²) in [6, 6.07) is 6.26. The SMILES string of the molecule is Cn1ncc2c(=O)n(CCC(=O)N3CCc4ccncc43)c3cc(F)ccc3c21. The summed E-state index contributed by atoms with van der Waals surface area (Å²) < 4.78 is 17.0. The van der Waals surface area contributed by atoms with Crippen molar-refractivity contribution in [2.24, 2.45) is 7.05 Å². The molecule has 29 heavy (non-hydrogen) atoms. The number of fused-ring (bicyclic) bond motifs is 4. The number of hydrogen-bond acceptors (Lipinski definition) is 4. The number of nitrogens with zero attached hydrogens (tertiary/aromatic N) is 5. The van der Waals surface area contributed by atoms with E-state index < -0.39 is 5.82 Å². The van der Waals surface area contributed by atoms with Crippen molar-refractivity contribution in [2.45, 2.75) is 19.4 Å². The van der Waals surface area contributed by atoms with Gasteiger partial charge in [-0.25, -0.2) is 4.39 Å². The zero-order chi connectivity index (χ0) is 20.1. The molecule has 146 valence electrons. The van der Waals surface area contributed by atoms with Crippen LogP contribution in [0.5, 0.6) is 0 Å². The number of pyridine rings is 2. The van der Waals surface area contributed by atoms with Crippen LogP contribution in [0.15, 0.2) is 47.7 Å². The summed E-state index contributed by atoms with van der Waals surface area (Å²) in [4.78, 5) is 31.7. The maximum absolute atomic E-state index is 14.0. The van der Waals surface area contributed by atoms with Gasteiger partial charge < -0.3 is 9.47 Å². The molecule has 5 rings (SSSR count). The third-order valence-corrected chi connectivity index (χ3v) is 5.55. The van der Waals surface area contributed by atoms with Gasteiger partial charge in [0, 0.05) is 38.1 Å². The zero-order valence-electron chi connectivity index (χ0n) is 15.8. The second-order valence-electron chi connectivity index (χ2n) is 7.20. The van der Waals surface area contributed by atoms with E-state index in [0.717, 1.165) is 23.1 Å². The highest BCUT2D eigenvalue weighted by Crippen LogP contribution is 2.27. The molecule has 0 saturated carbocycles. The van der Waals surface area contributed by atoms with Crippen molar-refractivity contribution in [3.05, 3.63) is 64.6 Å². The molecule has 0 fully saturated rings. The molecule has 0 radical (unpaired) electrons. The Morgan fingerprint density at radius 2 is 2.07 bits per heavy atom. The van der Waals surface area contributed by atoms with Crippen LogP contribution >= 0.6 is 0 Å². The molecule has 8 heteroatoms. The molecule has 4 heterocycles. The van der Waals surface area contributed by atoms with E-state index in [1.807, 2.05) is 6.07 Å². The molecule has 0 atom stereocenters. The van der Waals surface area contributed by atoms with Crippen molar-refractivity contribution >= 4 is 33.4 Å². The summed E-state index contributed by atoms with van der Waals surface area (Å²) in [5.41, 5.74) is 2.76. The topological polar surface area (TPSA) is 73.0 Å². The molecular weight excluding hydrogens is 373 g/mol. The predicted octanol–water partition coefficient (Wildman–Crippen LogP) is 2.40. The lowest BCUT2D eigenvalue weighted by Crippen LogP contribution is -2.31. The Kier molecular flexibility index (Phi) is 3.94. The fraction of sp³-hybridized carbons (Fsp3) is 0.238. The van der Waals surface area contributed by atoms with Crippen LogP contribution in [0.2, 0.25) is 0 Å². The molecule has 1 aromatic carbocycles. The zero-order valence-corrected chi connectivity index (χ0v) is 15.8. The number of amides is 1. The van der Waals surface area contributed by atoms with Gasteiger partial charge in [-0.1, -0.05) is 0 Å². The number of rotatable bonds is 3. The molecule has 1 aliphatic heterocycles. The smallest absolute Gasteiger partial charge is 0.262 e. The van der Waals surface area contributed by atoms with Gasteiger partial charge in [-0.15, -0.1) is 0 Å². The Balaban J connectivity index is 1.54. The minimum Gasteiger partial charge on any atom is -0.310 e. The average molecular weight is 391 g/mol. The predicted molar refractivity (Wildman–Crippen MR) is 107 cm³/mol. The summed E-state index contributed by atoms with van der Waals surface area (Å²) in [5.74, 6) is -0.516. The highest BCUT2D eigenvalue weighted by Gasteiger charge is 2.25. The second-order valence-corrected chi connectivity index (χ2v) is 7.20. The van der Waals surface area contributed by atoms with E-state index in [2.05, 4.69) is 10.1 Å². The van der Waals surface area contributed by atoms with Gasteiger partial charge in [0.15, 0.2) is 0 Å². The standard InChI is InChI=1S/C21H18FN5O2/c1-25-20-15-3-2-14(22)10-17(15)27(21(29)16(20)11-24-25)9-6-19(28)26-8-5-13-4-7-23-12-18(13)26/h2-4,7,10-12H,5-6,8-9H2,1H3. The summed E-state index contributed by atoms with van der Waals surface area (Å²) in [6.45, 7) is 0.764. The van der Waals surface area contributed by atoms with Crippen molar-refractivity contribution < 1.29 is 9.18 Å². The number of anilines is 1. The Morgan fingerprint density at radius 3 is 2.93 bits per heavy atom. The lowest BCUT2D eigenvalue weighted by atomic mass is 10.1. The van der Waals surface area contributed by atoms with Gasteiger partial charge in [0.25, 0.3) is 5.56 Å². The normalized spacial score (nSPS) is 13.4. The minimum absolute atomic E-state index is 0.0838. The van der Waals surface area contributed by atoms with E-state index >= 15 is 0 Å². The first kappa shape index (κ1) is 17.5. The third kappa shape index (κ3) is 2.71. The van der Waals surface area contributed by atoms with Crippen LogP contribution in [-0.4, -0.2) is 31.8 Å². The van der Waals surface area contributed by atoms with Crippen LogP contribution in [0.4, 0.5) is 10.1 Å². The number of aryl methyl sites for hydroxylation is 2. The summed E-state index contributed by atoms with van der Waals surface area (Å²) >= 11 is 0. The molecule has 0 bridgehead atoms. The van der Waals surface area contributed by atoms with E-state index in [1.165, 1.54) is 22.9 Å². The molecule has 4 aromatic rings. The fourth-order valence-corrected chi connectivity index (χ4v) is 4.14. The van der Waals surface area contributed by atoms with Crippen LogP contribution in [0.25, 0.3) is 21.8 Å². The number of carbonyl (C=O) groups excluding carboxylic acids is 1. The summed E-state index contributed by atoms with van der Waals surface area (Å²) in [6.07, 6.45) is 5.85. The van der Waals surface area contributed by atoms with Crippen LogP contribution in [0, 0.1) is 5.82 Å². The number of carbonyl (C=O) groups is 1. The lowest BCUT2D eigenvalue weighted by molar-refractivity contribution is -0.118. The minimum atomic E-state index is -0.432. The molecule has 3 aromatic heterocycles. The van der Waals surface area contributed by atoms with Gasteiger partial charge in [-0.2, -0.15) is 5.10 Å². The van der Waals surface area contributed by atoms with Crippen LogP contribution in [0.3, 0.4) is 0 Å². The summed E-state index contributed by atoms with van der Waals surface area (Å²) in [5, 5.41) is 5.36. The lowest BCUT2D eigenvalue weighted by Gasteiger charge is -2.18. The summed E-state index contributed by atoms with van der Waals surface area (Å²) in [7, 11) is 1.75. The van der Waals surface area contributed by atoms with Gasteiger partial charge in [-0.3, -0.25) is 19.3 Å². The molecule has 0 N–H and O–H groups in total. The molecule has 0 aliphatic carbocycles. The molecule has 1 amide bonds. The second kappa shape index (κ2) is 6.51. The number of hydrogen-bond donors (Lipinski definition) is 0. The van der Waals surface area contributed by atoms with Crippen molar-refractivity contribution in [3.8, 4) is 0 Å². The Hall–Kier alpha value is -3.55. The Morgan fingerprint density at radius 1 is 1.21 bits per heavy atom. The van der Waals surface area contributed by atoms with E-state index in [4.69, 9.17) is 0 Å². The van der Waals surface area contributed by atoms with E-state index in [9.17, 15) is 14.0 Å². The molecule has 0 saturated heterocycles. The van der Waals surface area contributed by atoms with E-state index in [0.29, 0.717) is 23.0 Å². The average Bonchev–Trinajstić information content (AvgIpc) is 3.32. The molecule has 7 nitrogen and oxygen atoms in total. The molecule has 0 spiro atoms. The quantitative estimate of drug-likeness (QED) is 0.538. The third-order valence-electron chi connectivity index (χ3n) is 5.55. The molecular formula is C21H18FN5O2. The van der Waals surface area contributed by atoms with Crippen molar-refractivity contribution in [3.63, 3.8) is 0 Å². The van der Waals surface area contributed by atoms with Gasteiger partial charge in [-0.05, 0) is 36.2 Å². The largest absolute Gasteiger partial charge is 0.310 e. The van der Waals surface area contributed by atoms with Gasteiger partial charge >= 0.3 is 0 Å². The maximum Gasteiger partial charge on any atom is 0.262 e. The van der Waals surface area contributed by atoms with E-state index in [-0.39, 0.29) is 24.4 Å². The first-order chi connectivity index (χ1) is 14.0. The van der Waals surface area contributed by atoms with E-state index in [1.54, 1.807) is 35.1 Å². The van der Waals surface area contributed by atoms with Gasteiger partial charge in [0.2, 0.25) is 5.91 Å². The maximum atomic E-state index is 14.0.